The van der Waals surface area contributed by atoms with Gasteiger partial charge in [-0.05, 0) is 41.3 Å². The minimum atomic E-state index is -0.748. The Morgan fingerprint density at radius 1 is 1.67 bits per heavy atom. The smallest absolute Gasteiger partial charge is 0.319 e. The van der Waals surface area contributed by atoms with E-state index in [-0.39, 0.29) is 0 Å². The van der Waals surface area contributed by atoms with Crippen molar-refractivity contribution in [2.45, 2.75) is 29.4 Å². The van der Waals surface area contributed by atoms with Crippen molar-refractivity contribution in [3.05, 3.63) is 22.4 Å². The van der Waals surface area contributed by atoms with Gasteiger partial charge in [0.05, 0.1) is 0 Å². The molecule has 3 nitrogen and oxygen atoms in total. The molecule has 1 unspecified atom stereocenters. The summed E-state index contributed by atoms with van der Waals surface area (Å²) < 4.78 is 0.175. The molecule has 0 aliphatic carbocycles. The lowest BCUT2D eigenvalue weighted by molar-refractivity contribution is -0.139. The Balaban J connectivity index is 2.42. The second-order valence-corrected chi connectivity index (χ2v) is 6.12. The number of aryl methyl sites for hydroxylation is 1. The molecule has 2 rings (SSSR count). The SMILES string of the molecule is CC1(C(=O)O)CCc2cncc(Br)c2S1. The summed E-state index contributed by atoms with van der Waals surface area (Å²) in [6.45, 7) is 1.77. The number of hydrogen-bond acceptors (Lipinski definition) is 3. The van der Waals surface area contributed by atoms with Crippen molar-refractivity contribution >= 4 is 33.7 Å². The molecule has 80 valence electrons. The molecule has 1 aliphatic heterocycles. The van der Waals surface area contributed by atoms with Gasteiger partial charge < -0.3 is 5.11 Å². The maximum atomic E-state index is 11.1. The lowest BCUT2D eigenvalue weighted by atomic mass is 10.0. The second-order valence-electron chi connectivity index (χ2n) is 3.75. The number of fused-ring (bicyclic) bond motifs is 1. The Morgan fingerprint density at radius 3 is 3.07 bits per heavy atom. The van der Waals surface area contributed by atoms with E-state index in [9.17, 15) is 4.79 Å². The van der Waals surface area contributed by atoms with E-state index >= 15 is 0 Å². The zero-order valence-electron chi connectivity index (χ0n) is 8.16. The zero-order valence-corrected chi connectivity index (χ0v) is 10.6. The Kier molecular flexibility index (Phi) is 2.77. The highest BCUT2D eigenvalue weighted by atomic mass is 79.9. The number of carbonyl (C=O) groups is 1. The minimum absolute atomic E-state index is 0.651. The number of carboxylic acid groups (broad SMARTS) is 1. The van der Waals surface area contributed by atoms with Crippen molar-refractivity contribution in [3.8, 4) is 0 Å². The fourth-order valence-electron chi connectivity index (χ4n) is 1.56. The first-order valence-corrected chi connectivity index (χ1v) is 6.19. The van der Waals surface area contributed by atoms with Crippen LogP contribution in [0.15, 0.2) is 21.8 Å². The summed E-state index contributed by atoms with van der Waals surface area (Å²) in [6.07, 6.45) is 4.95. The van der Waals surface area contributed by atoms with Crippen molar-refractivity contribution < 1.29 is 9.90 Å². The highest BCUT2D eigenvalue weighted by Crippen LogP contribution is 2.45. The van der Waals surface area contributed by atoms with Crippen LogP contribution in [-0.4, -0.2) is 20.8 Å². The molecule has 1 aliphatic rings. The summed E-state index contributed by atoms with van der Waals surface area (Å²) in [7, 11) is 0. The normalized spacial score (nSPS) is 24.7. The number of hydrogen-bond donors (Lipinski definition) is 1. The Labute approximate surface area is 100 Å². The topological polar surface area (TPSA) is 50.2 Å². The molecule has 0 fully saturated rings. The van der Waals surface area contributed by atoms with E-state index in [2.05, 4.69) is 20.9 Å². The van der Waals surface area contributed by atoms with Crippen LogP contribution in [0.1, 0.15) is 18.9 Å². The van der Waals surface area contributed by atoms with Crippen LogP contribution < -0.4 is 0 Å². The first kappa shape index (κ1) is 11.0. The van der Waals surface area contributed by atoms with Crippen LogP contribution in [0.25, 0.3) is 0 Å². The molecule has 0 radical (unpaired) electrons. The summed E-state index contributed by atoms with van der Waals surface area (Å²) in [6, 6.07) is 0. The molecule has 0 saturated carbocycles. The highest BCUT2D eigenvalue weighted by molar-refractivity contribution is 9.10. The maximum absolute atomic E-state index is 11.1. The molecular weight excluding hydrogens is 278 g/mol. The highest BCUT2D eigenvalue weighted by Gasteiger charge is 2.38. The molecule has 1 aromatic heterocycles. The van der Waals surface area contributed by atoms with E-state index in [1.54, 1.807) is 13.1 Å². The number of nitrogens with zero attached hydrogens (tertiary/aromatic N) is 1. The molecule has 1 aromatic rings. The molecule has 2 heterocycles. The maximum Gasteiger partial charge on any atom is 0.319 e. The van der Waals surface area contributed by atoms with Crippen LogP contribution in [0.4, 0.5) is 0 Å². The van der Waals surface area contributed by atoms with Crippen LogP contribution in [-0.2, 0) is 11.2 Å². The van der Waals surface area contributed by atoms with Gasteiger partial charge in [-0.15, -0.1) is 11.8 Å². The van der Waals surface area contributed by atoms with E-state index in [4.69, 9.17) is 5.11 Å². The Bertz CT molecular complexity index is 424. The lowest BCUT2D eigenvalue weighted by Gasteiger charge is -2.30. The number of aliphatic carboxylic acids is 1. The van der Waals surface area contributed by atoms with E-state index in [1.807, 2.05) is 6.20 Å². The molecule has 1 atom stereocenters. The summed E-state index contributed by atoms with van der Waals surface area (Å²) in [5.41, 5.74) is 1.13. The van der Waals surface area contributed by atoms with Crippen molar-refractivity contribution in [2.24, 2.45) is 0 Å². The number of aromatic nitrogens is 1. The van der Waals surface area contributed by atoms with Gasteiger partial charge in [0.2, 0.25) is 0 Å². The molecule has 0 bridgehead atoms. The van der Waals surface area contributed by atoms with Gasteiger partial charge in [-0.3, -0.25) is 9.78 Å². The largest absolute Gasteiger partial charge is 0.480 e. The summed E-state index contributed by atoms with van der Waals surface area (Å²) in [5.74, 6) is -0.748. The van der Waals surface area contributed by atoms with Gasteiger partial charge in [0, 0.05) is 21.8 Å². The molecule has 5 heteroatoms. The van der Waals surface area contributed by atoms with Gasteiger partial charge in [-0.1, -0.05) is 0 Å². The van der Waals surface area contributed by atoms with Gasteiger partial charge in [0.1, 0.15) is 4.75 Å². The Morgan fingerprint density at radius 2 is 2.40 bits per heavy atom. The van der Waals surface area contributed by atoms with Crippen LogP contribution in [0.5, 0.6) is 0 Å². The van der Waals surface area contributed by atoms with Gasteiger partial charge in [0.15, 0.2) is 0 Å². The van der Waals surface area contributed by atoms with E-state index in [0.29, 0.717) is 6.42 Å². The fourth-order valence-corrected chi connectivity index (χ4v) is 3.35. The predicted molar refractivity (Wildman–Crippen MR) is 62.2 cm³/mol. The molecule has 0 saturated heterocycles. The van der Waals surface area contributed by atoms with Crippen molar-refractivity contribution in [1.29, 1.82) is 0 Å². The number of thioether (sulfide) groups is 1. The molecule has 0 spiro atoms. The van der Waals surface area contributed by atoms with Gasteiger partial charge in [0.25, 0.3) is 0 Å². The second kappa shape index (κ2) is 3.79. The lowest BCUT2D eigenvalue weighted by Crippen LogP contribution is -2.34. The Hall–Kier alpha value is -0.550. The standard InChI is InChI=1S/C10H10BrNO2S/c1-10(9(13)14)3-2-6-4-12-5-7(11)8(6)15-10/h4-5H,2-3H2,1H3,(H,13,14). The zero-order chi connectivity index (χ0) is 11.1. The third kappa shape index (κ3) is 1.90. The van der Waals surface area contributed by atoms with Crippen LogP contribution in [0.3, 0.4) is 0 Å². The van der Waals surface area contributed by atoms with E-state index < -0.39 is 10.7 Å². The fraction of sp³-hybridized carbons (Fsp3) is 0.400. The monoisotopic (exact) mass is 287 g/mol. The predicted octanol–water partition coefficient (Wildman–Crippen LogP) is 2.73. The third-order valence-electron chi connectivity index (χ3n) is 2.58. The average molecular weight is 288 g/mol. The van der Waals surface area contributed by atoms with Gasteiger partial charge in [-0.25, -0.2) is 0 Å². The third-order valence-corrected chi connectivity index (χ3v) is 4.96. The number of pyridine rings is 1. The van der Waals surface area contributed by atoms with Crippen molar-refractivity contribution in [1.82, 2.24) is 4.98 Å². The van der Waals surface area contributed by atoms with E-state index in [0.717, 1.165) is 21.4 Å². The minimum Gasteiger partial charge on any atom is -0.480 e. The van der Waals surface area contributed by atoms with E-state index in [1.165, 1.54) is 11.8 Å². The average Bonchev–Trinajstić information content (AvgIpc) is 2.19. The summed E-state index contributed by atoms with van der Waals surface area (Å²) in [5, 5.41) is 9.16. The molecule has 0 aromatic carbocycles. The van der Waals surface area contributed by atoms with Gasteiger partial charge >= 0.3 is 5.97 Å². The van der Waals surface area contributed by atoms with Crippen molar-refractivity contribution in [2.75, 3.05) is 0 Å². The van der Waals surface area contributed by atoms with Crippen molar-refractivity contribution in [3.63, 3.8) is 0 Å². The molecule has 15 heavy (non-hydrogen) atoms. The first-order valence-electron chi connectivity index (χ1n) is 4.58. The molecule has 0 amide bonds. The van der Waals surface area contributed by atoms with Crippen LogP contribution >= 0.6 is 27.7 Å². The number of halogens is 1. The first-order chi connectivity index (χ1) is 7.03. The number of rotatable bonds is 1. The summed E-state index contributed by atoms with van der Waals surface area (Å²) in [4.78, 5) is 16.2. The van der Waals surface area contributed by atoms with Crippen LogP contribution in [0.2, 0.25) is 0 Å². The quantitative estimate of drug-likeness (QED) is 0.863. The molecule has 1 N–H and O–H groups in total. The number of carboxylic acids is 1. The molecular formula is C10H10BrNO2S. The van der Waals surface area contributed by atoms with Crippen LogP contribution in [0, 0.1) is 0 Å². The van der Waals surface area contributed by atoms with Gasteiger partial charge in [-0.2, -0.15) is 0 Å². The summed E-state index contributed by atoms with van der Waals surface area (Å²) >= 11 is 4.81.